The van der Waals surface area contributed by atoms with E-state index in [2.05, 4.69) is 0 Å². The molecule has 0 saturated carbocycles. The van der Waals surface area contributed by atoms with Crippen molar-refractivity contribution in [3.8, 4) is 0 Å². The Kier molecular flexibility index (Phi) is 18.3. The summed E-state index contributed by atoms with van der Waals surface area (Å²) in [6.45, 7) is 0. The van der Waals surface area contributed by atoms with Crippen LogP contribution in [0.3, 0.4) is 0 Å². The molecule has 0 N–H and O–H groups in total. The van der Waals surface area contributed by atoms with Crippen LogP contribution in [-0.4, -0.2) is 0 Å². The van der Waals surface area contributed by atoms with Gasteiger partial charge in [-0.15, -0.1) is 0 Å². The van der Waals surface area contributed by atoms with Gasteiger partial charge in [-0.25, -0.2) is 0 Å². The summed E-state index contributed by atoms with van der Waals surface area (Å²) in [7, 11) is -2.50. The van der Waals surface area contributed by atoms with Gasteiger partial charge in [0.15, 0.2) is 0 Å². The molecule has 0 aliphatic carbocycles. The van der Waals surface area contributed by atoms with Gasteiger partial charge in [0.2, 0.25) is 0 Å². The van der Waals surface area contributed by atoms with E-state index in [-0.39, 0.29) is 0 Å². The SMILES string of the molecule is [O]=[Ir][Ir](=[O])[Pt]=[O].[O]=[Pt]. The molecule has 0 heterocycles. The molecular weight excluding hydrogens is 839 g/mol. The summed E-state index contributed by atoms with van der Waals surface area (Å²) in [4.78, 5) is 0. The van der Waals surface area contributed by atoms with Crippen LogP contribution in [0.25, 0.3) is 0 Å². The third-order valence-corrected chi connectivity index (χ3v) is 18.2. The van der Waals surface area contributed by atoms with Crippen molar-refractivity contribution in [1.29, 1.82) is 0 Å². The van der Waals surface area contributed by atoms with E-state index in [0.717, 1.165) is 19.8 Å². The molecule has 4 nitrogen and oxygen atoms in total. The third kappa shape index (κ3) is 10.8. The first-order valence-corrected chi connectivity index (χ1v) is 18.8. The van der Waals surface area contributed by atoms with E-state index in [9.17, 15) is 10.4 Å². The molecule has 0 atom stereocenters. The van der Waals surface area contributed by atoms with Crippen LogP contribution in [0, 0.1) is 0 Å². The maximum absolute atomic E-state index is 9.91. The number of rotatable bonds is 2. The molecule has 8 heteroatoms. The van der Waals surface area contributed by atoms with Gasteiger partial charge in [-0.1, -0.05) is 0 Å². The van der Waals surface area contributed by atoms with Gasteiger partial charge in [0.25, 0.3) is 0 Å². The van der Waals surface area contributed by atoms with Crippen LogP contribution in [-0.2, 0) is 75.1 Å². The van der Waals surface area contributed by atoms with Gasteiger partial charge in [0.1, 0.15) is 0 Å². The van der Waals surface area contributed by atoms with Crippen molar-refractivity contribution in [3.05, 3.63) is 0 Å². The molecule has 8 heavy (non-hydrogen) atoms. The van der Waals surface area contributed by atoms with Gasteiger partial charge in [-0.2, -0.15) is 0 Å². The summed E-state index contributed by atoms with van der Waals surface area (Å²) in [5, 5.41) is 0. The Bertz CT molecular complexity index is 90.2. The van der Waals surface area contributed by atoms with E-state index < -0.39 is 41.5 Å². The molecule has 0 aliphatic rings. The van der Waals surface area contributed by atoms with E-state index >= 15 is 0 Å². The quantitative estimate of drug-likeness (QED) is 0.378. The van der Waals surface area contributed by atoms with E-state index in [1.165, 1.54) is 0 Å². The second kappa shape index (κ2) is 11.6. The molecule has 0 amide bonds. The van der Waals surface area contributed by atoms with Crippen LogP contribution in [0.4, 0.5) is 0 Å². The predicted octanol–water partition coefficient (Wildman–Crippen LogP) is -0.485. The number of hydrogen-bond acceptors (Lipinski definition) is 4. The topological polar surface area (TPSA) is 68.3 Å². The molecule has 0 bridgehead atoms. The first-order valence-electron chi connectivity index (χ1n) is 0.747. The maximum atomic E-state index is 9.91. The minimum atomic E-state index is -2.50. The first-order chi connectivity index (χ1) is 3.81. The molecule has 0 spiro atoms. The summed E-state index contributed by atoms with van der Waals surface area (Å²) < 4.78 is 37.3. The summed E-state index contributed by atoms with van der Waals surface area (Å²) in [6.07, 6.45) is 0. The Morgan fingerprint density at radius 1 is 1.50 bits per heavy atom. The normalized spacial score (nSPS) is 10.0. The monoisotopic (exact) mass is 840 g/mol. The van der Waals surface area contributed by atoms with Gasteiger partial charge >= 0.3 is 75.1 Å². The van der Waals surface area contributed by atoms with Crippen LogP contribution in [0.15, 0.2) is 0 Å². The van der Waals surface area contributed by atoms with Crippen LogP contribution >= 0.6 is 0 Å². The van der Waals surface area contributed by atoms with Crippen molar-refractivity contribution in [3.63, 3.8) is 0 Å². The fourth-order valence-electron chi connectivity index (χ4n) is 0.00586. The second-order valence-corrected chi connectivity index (χ2v) is 31.1. The van der Waals surface area contributed by atoms with Crippen LogP contribution in [0.1, 0.15) is 0 Å². The van der Waals surface area contributed by atoms with Crippen LogP contribution in [0.5, 0.6) is 0 Å². The zero-order valence-corrected chi connectivity index (χ0v) is 12.3. The van der Waals surface area contributed by atoms with Crippen molar-refractivity contribution in [2.45, 2.75) is 0 Å². The molecule has 0 aliphatic heterocycles. The van der Waals surface area contributed by atoms with Gasteiger partial charge in [-0.05, 0) is 0 Å². The number of hydrogen-bond donors (Lipinski definition) is 0. The molecule has 0 radical (unpaired) electrons. The van der Waals surface area contributed by atoms with E-state index in [4.69, 9.17) is 3.40 Å². The van der Waals surface area contributed by atoms with Gasteiger partial charge in [0.05, 0.1) is 0 Å². The summed E-state index contributed by atoms with van der Waals surface area (Å²) >= 11 is -1.93. The Morgan fingerprint density at radius 3 is 1.88 bits per heavy atom. The average molecular weight is 839 g/mol. The Balaban J connectivity index is 0. The Labute approximate surface area is 73.9 Å². The predicted molar refractivity (Wildman–Crippen MR) is 2.75 cm³/mol. The molecule has 0 fully saturated rings. The van der Waals surface area contributed by atoms with E-state index in [1.807, 2.05) is 0 Å². The standard InChI is InChI=1S/2Ir.4O.2Pt. The molecule has 0 rings (SSSR count). The van der Waals surface area contributed by atoms with Crippen molar-refractivity contribution >= 4 is 0 Å². The zero-order valence-electron chi connectivity index (χ0n) is 2.93. The van der Waals surface area contributed by atoms with Crippen molar-refractivity contribution in [1.82, 2.24) is 0 Å². The summed E-state index contributed by atoms with van der Waals surface area (Å²) in [5.41, 5.74) is 0. The van der Waals surface area contributed by atoms with Gasteiger partial charge in [-0.3, -0.25) is 0 Å². The second-order valence-electron chi connectivity index (χ2n) is 0.212. The van der Waals surface area contributed by atoms with Crippen LogP contribution < -0.4 is 0 Å². The Hall–Kier alpha value is 1.88. The van der Waals surface area contributed by atoms with Crippen LogP contribution in [0.2, 0.25) is 0 Å². The van der Waals surface area contributed by atoms with Crippen molar-refractivity contribution in [2.24, 2.45) is 0 Å². The molecular formula is Ir2O4Pt2. The third-order valence-electron chi connectivity index (χ3n) is 0.0648. The zero-order chi connectivity index (χ0) is 6.99. The first kappa shape index (κ1) is 12.5. The summed E-state index contributed by atoms with van der Waals surface area (Å²) in [5.74, 6) is 0. The molecule has 0 aromatic heterocycles. The fraction of sp³-hybridized carbons (Fsp3) is 0. The van der Waals surface area contributed by atoms with Gasteiger partial charge < -0.3 is 0 Å². The minimum absolute atomic E-state index is 0.889. The molecule has 0 aromatic carbocycles. The fourth-order valence-corrected chi connectivity index (χ4v) is 3.21. The summed E-state index contributed by atoms with van der Waals surface area (Å²) in [6, 6.07) is 0. The molecule has 0 unspecified atom stereocenters. The Morgan fingerprint density at radius 2 is 1.88 bits per heavy atom. The van der Waals surface area contributed by atoms with Crippen molar-refractivity contribution in [2.75, 3.05) is 0 Å². The molecule has 0 saturated heterocycles. The van der Waals surface area contributed by atoms with E-state index in [0.29, 0.717) is 0 Å². The van der Waals surface area contributed by atoms with Crippen molar-refractivity contribution < 1.29 is 75.1 Å². The van der Waals surface area contributed by atoms with Gasteiger partial charge in [0, 0.05) is 0 Å². The van der Waals surface area contributed by atoms with E-state index in [1.54, 1.807) is 0 Å². The molecule has 62 valence electrons. The average Bonchev–Trinajstić information content (AvgIpc) is 1.91. The molecule has 0 aromatic rings.